The predicted octanol–water partition coefficient (Wildman–Crippen LogP) is 2.70. The van der Waals surface area contributed by atoms with E-state index >= 15 is 0 Å². The molecule has 90 valence electrons. The van der Waals surface area contributed by atoms with Crippen LogP contribution in [0, 0.1) is 0 Å². The Kier molecular flexibility index (Phi) is 3.96. The SMILES string of the molecule is CCn1ccnc(NCc2sccc2Br)c1=O. The average Bonchev–Trinajstić information content (AvgIpc) is 2.74. The van der Waals surface area contributed by atoms with Crippen LogP contribution in [-0.2, 0) is 13.1 Å². The third kappa shape index (κ3) is 2.76. The van der Waals surface area contributed by atoms with Gasteiger partial charge >= 0.3 is 0 Å². The van der Waals surface area contributed by atoms with Gasteiger partial charge in [-0.25, -0.2) is 4.98 Å². The second kappa shape index (κ2) is 5.46. The fourth-order valence-corrected chi connectivity index (χ4v) is 2.86. The van der Waals surface area contributed by atoms with E-state index in [-0.39, 0.29) is 5.56 Å². The molecular formula is C11H12BrN3OS. The van der Waals surface area contributed by atoms with Gasteiger partial charge in [-0.1, -0.05) is 0 Å². The zero-order valence-electron chi connectivity index (χ0n) is 9.31. The van der Waals surface area contributed by atoms with E-state index in [4.69, 9.17) is 0 Å². The highest BCUT2D eigenvalue weighted by molar-refractivity contribution is 9.10. The maximum atomic E-state index is 11.9. The van der Waals surface area contributed by atoms with Crippen molar-refractivity contribution in [1.29, 1.82) is 0 Å². The zero-order valence-corrected chi connectivity index (χ0v) is 11.7. The third-order valence-electron chi connectivity index (χ3n) is 2.36. The summed E-state index contributed by atoms with van der Waals surface area (Å²) in [4.78, 5) is 17.1. The minimum Gasteiger partial charge on any atom is -0.361 e. The number of aryl methyl sites for hydroxylation is 1. The van der Waals surface area contributed by atoms with Crippen molar-refractivity contribution in [2.75, 3.05) is 5.32 Å². The van der Waals surface area contributed by atoms with Crippen LogP contribution in [0.15, 0.2) is 33.1 Å². The first-order chi connectivity index (χ1) is 8.22. The molecule has 0 aliphatic carbocycles. The van der Waals surface area contributed by atoms with Crippen LogP contribution in [-0.4, -0.2) is 9.55 Å². The van der Waals surface area contributed by atoms with E-state index in [0.717, 1.165) is 9.35 Å². The van der Waals surface area contributed by atoms with E-state index in [1.54, 1.807) is 28.3 Å². The molecule has 0 aromatic carbocycles. The van der Waals surface area contributed by atoms with E-state index in [2.05, 4.69) is 26.2 Å². The van der Waals surface area contributed by atoms with Gasteiger partial charge in [-0.15, -0.1) is 11.3 Å². The van der Waals surface area contributed by atoms with Crippen molar-refractivity contribution in [1.82, 2.24) is 9.55 Å². The molecule has 0 spiro atoms. The van der Waals surface area contributed by atoms with Crippen LogP contribution in [0.3, 0.4) is 0 Å². The molecule has 2 aromatic heterocycles. The minimum absolute atomic E-state index is 0.0809. The van der Waals surface area contributed by atoms with Gasteiger partial charge in [0.05, 0.1) is 6.54 Å². The number of hydrogen-bond donors (Lipinski definition) is 1. The lowest BCUT2D eigenvalue weighted by Gasteiger charge is -2.06. The molecule has 1 N–H and O–H groups in total. The van der Waals surface area contributed by atoms with Gasteiger partial charge in [0.2, 0.25) is 0 Å². The van der Waals surface area contributed by atoms with Crippen molar-refractivity contribution in [2.24, 2.45) is 0 Å². The van der Waals surface area contributed by atoms with Crippen LogP contribution in [0.25, 0.3) is 0 Å². The smallest absolute Gasteiger partial charge is 0.293 e. The van der Waals surface area contributed by atoms with Crippen molar-refractivity contribution < 1.29 is 0 Å². The molecule has 0 unspecified atom stereocenters. The standard InChI is InChI=1S/C11H12BrN3OS/c1-2-15-5-4-13-10(11(15)16)14-7-9-8(12)3-6-17-9/h3-6H,2,7H2,1H3,(H,13,14). The second-order valence-corrected chi connectivity index (χ2v) is 5.27. The zero-order chi connectivity index (χ0) is 12.3. The van der Waals surface area contributed by atoms with Gasteiger partial charge in [0.25, 0.3) is 5.56 Å². The van der Waals surface area contributed by atoms with Crippen LogP contribution in [0.4, 0.5) is 5.82 Å². The highest BCUT2D eigenvalue weighted by Gasteiger charge is 2.05. The molecule has 0 radical (unpaired) electrons. The molecule has 2 heterocycles. The molecule has 0 fully saturated rings. The third-order valence-corrected chi connectivity index (χ3v) is 4.29. The monoisotopic (exact) mass is 313 g/mol. The number of rotatable bonds is 4. The van der Waals surface area contributed by atoms with Crippen molar-refractivity contribution in [3.8, 4) is 0 Å². The van der Waals surface area contributed by atoms with Crippen molar-refractivity contribution in [3.05, 3.63) is 43.5 Å². The van der Waals surface area contributed by atoms with Crippen LogP contribution < -0.4 is 10.9 Å². The predicted molar refractivity (Wildman–Crippen MR) is 73.5 cm³/mol. The van der Waals surface area contributed by atoms with Crippen LogP contribution in [0.5, 0.6) is 0 Å². The number of thiophene rings is 1. The Bertz CT molecular complexity index is 564. The lowest BCUT2D eigenvalue weighted by Crippen LogP contribution is -2.23. The fourth-order valence-electron chi connectivity index (χ4n) is 1.43. The van der Waals surface area contributed by atoms with Gasteiger partial charge in [-0.05, 0) is 34.3 Å². The lowest BCUT2D eigenvalue weighted by molar-refractivity contribution is 0.718. The Hall–Kier alpha value is -1.14. The molecule has 4 nitrogen and oxygen atoms in total. The largest absolute Gasteiger partial charge is 0.361 e. The molecule has 0 amide bonds. The maximum absolute atomic E-state index is 11.9. The normalized spacial score (nSPS) is 10.5. The Labute approximate surface area is 111 Å². The molecule has 0 bridgehead atoms. The topological polar surface area (TPSA) is 46.9 Å². The molecule has 0 aliphatic rings. The molecular weight excluding hydrogens is 302 g/mol. The highest BCUT2D eigenvalue weighted by atomic mass is 79.9. The van der Waals surface area contributed by atoms with E-state index in [1.807, 2.05) is 18.4 Å². The number of halogens is 1. The first-order valence-electron chi connectivity index (χ1n) is 5.23. The van der Waals surface area contributed by atoms with E-state index in [0.29, 0.717) is 18.9 Å². The number of anilines is 1. The Morgan fingerprint density at radius 1 is 1.59 bits per heavy atom. The van der Waals surface area contributed by atoms with Crippen LogP contribution in [0.2, 0.25) is 0 Å². The summed E-state index contributed by atoms with van der Waals surface area (Å²) in [6, 6.07) is 1.99. The number of nitrogens with one attached hydrogen (secondary N) is 1. The Morgan fingerprint density at radius 3 is 3.06 bits per heavy atom. The summed E-state index contributed by atoms with van der Waals surface area (Å²) in [6.07, 6.45) is 3.32. The molecule has 6 heteroatoms. The summed E-state index contributed by atoms with van der Waals surface area (Å²) < 4.78 is 2.68. The first-order valence-corrected chi connectivity index (χ1v) is 6.90. The molecule has 0 aliphatic heterocycles. The second-order valence-electron chi connectivity index (χ2n) is 3.41. The van der Waals surface area contributed by atoms with Gasteiger partial charge < -0.3 is 9.88 Å². The van der Waals surface area contributed by atoms with Gasteiger partial charge in [0.1, 0.15) is 0 Å². The Balaban J connectivity index is 2.15. The van der Waals surface area contributed by atoms with Crippen LogP contribution in [0.1, 0.15) is 11.8 Å². The van der Waals surface area contributed by atoms with Gasteiger partial charge in [-0.3, -0.25) is 4.79 Å². The van der Waals surface area contributed by atoms with Crippen molar-refractivity contribution in [2.45, 2.75) is 20.0 Å². The molecule has 2 rings (SSSR count). The molecule has 0 saturated carbocycles. The molecule has 17 heavy (non-hydrogen) atoms. The van der Waals surface area contributed by atoms with Crippen LogP contribution >= 0.6 is 27.3 Å². The minimum atomic E-state index is -0.0809. The van der Waals surface area contributed by atoms with Gasteiger partial charge in [0, 0.05) is 28.3 Å². The first kappa shape index (κ1) is 12.3. The quantitative estimate of drug-likeness (QED) is 0.944. The number of aromatic nitrogens is 2. The lowest BCUT2D eigenvalue weighted by atomic mass is 10.4. The summed E-state index contributed by atoms with van der Waals surface area (Å²) in [5, 5.41) is 5.07. The molecule has 0 saturated heterocycles. The summed E-state index contributed by atoms with van der Waals surface area (Å²) in [5.41, 5.74) is -0.0809. The van der Waals surface area contributed by atoms with Gasteiger partial charge in [-0.2, -0.15) is 0 Å². The highest BCUT2D eigenvalue weighted by Crippen LogP contribution is 2.22. The fraction of sp³-hybridized carbons (Fsp3) is 0.273. The number of nitrogens with zero attached hydrogens (tertiary/aromatic N) is 2. The Morgan fingerprint density at radius 2 is 2.41 bits per heavy atom. The average molecular weight is 314 g/mol. The molecule has 0 atom stereocenters. The number of hydrogen-bond acceptors (Lipinski definition) is 4. The van der Waals surface area contributed by atoms with Gasteiger partial charge in [0.15, 0.2) is 5.82 Å². The maximum Gasteiger partial charge on any atom is 0.293 e. The van der Waals surface area contributed by atoms with Crippen molar-refractivity contribution >= 4 is 33.1 Å². The van der Waals surface area contributed by atoms with Crippen molar-refractivity contribution in [3.63, 3.8) is 0 Å². The summed E-state index contributed by atoms with van der Waals surface area (Å²) in [6.45, 7) is 3.19. The summed E-state index contributed by atoms with van der Waals surface area (Å²) in [5.74, 6) is 0.398. The summed E-state index contributed by atoms with van der Waals surface area (Å²) >= 11 is 5.09. The van der Waals surface area contributed by atoms with E-state index in [9.17, 15) is 4.79 Å². The summed E-state index contributed by atoms with van der Waals surface area (Å²) in [7, 11) is 0. The molecule has 2 aromatic rings. The van der Waals surface area contributed by atoms with E-state index in [1.165, 1.54) is 0 Å². The van der Waals surface area contributed by atoms with E-state index < -0.39 is 0 Å².